The summed E-state index contributed by atoms with van der Waals surface area (Å²) in [5, 5.41) is 12.9. The van der Waals surface area contributed by atoms with E-state index in [2.05, 4.69) is 5.32 Å². The zero-order valence-corrected chi connectivity index (χ0v) is 19.8. The Morgan fingerprint density at radius 1 is 1.12 bits per heavy atom. The number of nitriles is 1. The number of thioether (sulfide) groups is 1. The van der Waals surface area contributed by atoms with E-state index in [1.807, 2.05) is 36.4 Å². The summed E-state index contributed by atoms with van der Waals surface area (Å²) in [5.74, 6) is -0.0680. The number of benzene rings is 3. The van der Waals surface area contributed by atoms with Crippen LogP contribution in [0.15, 0.2) is 89.5 Å². The Hall–Kier alpha value is -3.73. The van der Waals surface area contributed by atoms with Gasteiger partial charge in [0.25, 0.3) is 5.91 Å². The molecular weight excluding hydrogens is 470 g/mol. The lowest BCUT2D eigenvalue weighted by atomic mass is 10.1. The molecule has 0 bridgehead atoms. The van der Waals surface area contributed by atoms with Crippen molar-refractivity contribution >= 4 is 46.6 Å². The largest absolute Gasteiger partial charge is 0.497 e. The number of ether oxygens (including phenoxy) is 1. The van der Waals surface area contributed by atoms with Gasteiger partial charge >= 0.3 is 0 Å². The van der Waals surface area contributed by atoms with Crippen LogP contribution in [0.25, 0.3) is 0 Å². The number of methoxy groups -OCH3 is 1. The van der Waals surface area contributed by atoms with E-state index in [0.29, 0.717) is 27.8 Å². The van der Waals surface area contributed by atoms with Gasteiger partial charge in [0.15, 0.2) is 0 Å². The number of anilines is 2. The van der Waals surface area contributed by atoms with Crippen molar-refractivity contribution in [3.05, 3.63) is 100 Å². The molecule has 1 saturated heterocycles. The topological polar surface area (TPSA) is 82.4 Å². The second-order valence-electron chi connectivity index (χ2n) is 7.42. The van der Waals surface area contributed by atoms with Crippen LogP contribution in [0.3, 0.4) is 0 Å². The zero-order chi connectivity index (χ0) is 24.1. The molecule has 1 N–H and O–H groups in total. The van der Waals surface area contributed by atoms with Crippen molar-refractivity contribution in [2.75, 3.05) is 17.3 Å². The Morgan fingerprint density at radius 3 is 2.50 bits per heavy atom. The highest BCUT2D eigenvalue weighted by Crippen LogP contribution is 2.42. The smallest absolute Gasteiger partial charge is 0.269 e. The fraction of sp³-hybridized carbons (Fsp3) is 0.115. The molecule has 3 aromatic rings. The van der Waals surface area contributed by atoms with Gasteiger partial charge < -0.3 is 10.1 Å². The van der Waals surface area contributed by atoms with Crippen molar-refractivity contribution in [3.8, 4) is 11.8 Å². The maximum absolute atomic E-state index is 13.5. The summed E-state index contributed by atoms with van der Waals surface area (Å²) in [5.41, 5.74) is 1.86. The molecule has 0 spiro atoms. The van der Waals surface area contributed by atoms with Crippen LogP contribution in [-0.4, -0.2) is 24.2 Å². The Morgan fingerprint density at radius 2 is 1.85 bits per heavy atom. The number of nitrogens with one attached hydrogen (secondary N) is 1. The number of amides is 2. The molecular formula is C26H20ClN3O3S. The molecule has 2 amide bonds. The molecule has 1 aliphatic rings. The summed E-state index contributed by atoms with van der Waals surface area (Å²) < 4.78 is 5.20. The van der Waals surface area contributed by atoms with Crippen LogP contribution in [0.5, 0.6) is 5.75 Å². The van der Waals surface area contributed by atoms with Gasteiger partial charge in [0, 0.05) is 16.4 Å². The molecule has 170 valence electrons. The molecule has 0 aromatic heterocycles. The third-order valence-electron chi connectivity index (χ3n) is 5.18. The van der Waals surface area contributed by atoms with E-state index in [0.717, 1.165) is 11.3 Å². The van der Waals surface area contributed by atoms with Gasteiger partial charge in [-0.05, 0) is 54.4 Å². The Labute approximate surface area is 206 Å². The lowest BCUT2D eigenvalue weighted by Crippen LogP contribution is -2.30. The van der Waals surface area contributed by atoms with Crippen LogP contribution in [-0.2, 0) is 16.0 Å². The standard InChI is InChI=1S/C26H20ClN3O3S/c1-33-21-12-10-17(11-13-21)14-23-25(32)30(20-8-3-2-4-9-20)26(34-23)22(16-28)24(31)29-19-7-5-6-18(27)15-19/h2-13,15,23H,14H2,1H3,(H,29,31)/b26-22-/t23-/m1/s1. The molecule has 0 unspecified atom stereocenters. The number of halogens is 1. The van der Waals surface area contributed by atoms with Gasteiger partial charge in [-0.25, -0.2) is 0 Å². The van der Waals surface area contributed by atoms with E-state index in [1.54, 1.807) is 55.6 Å². The van der Waals surface area contributed by atoms with Crippen molar-refractivity contribution < 1.29 is 14.3 Å². The molecule has 6 nitrogen and oxygen atoms in total. The predicted octanol–water partition coefficient (Wildman–Crippen LogP) is 5.41. The van der Waals surface area contributed by atoms with Gasteiger partial charge in [-0.15, -0.1) is 0 Å². The van der Waals surface area contributed by atoms with Crippen LogP contribution < -0.4 is 15.0 Å². The van der Waals surface area contributed by atoms with Crippen molar-refractivity contribution in [1.29, 1.82) is 5.26 Å². The molecule has 34 heavy (non-hydrogen) atoms. The predicted molar refractivity (Wildman–Crippen MR) is 135 cm³/mol. The van der Waals surface area contributed by atoms with E-state index < -0.39 is 11.2 Å². The molecule has 0 radical (unpaired) electrons. The number of carbonyl (C=O) groups excluding carboxylic acids is 2. The molecule has 1 heterocycles. The Balaban J connectivity index is 1.69. The number of hydrogen-bond acceptors (Lipinski definition) is 5. The lowest BCUT2D eigenvalue weighted by Gasteiger charge is -2.18. The first-order valence-electron chi connectivity index (χ1n) is 10.4. The molecule has 8 heteroatoms. The average Bonchev–Trinajstić information content (AvgIpc) is 3.16. The van der Waals surface area contributed by atoms with E-state index in [1.165, 1.54) is 16.7 Å². The Bertz CT molecular complexity index is 1290. The fourth-order valence-corrected chi connectivity index (χ4v) is 5.03. The third-order valence-corrected chi connectivity index (χ3v) is 6.68. The van der Waals surface area contributed by atoms with Gasteiger partial charge in [0.1, 0.15) is 22.4 Å². The number of rotatable bonds is 6. The third kappa shape index (κ3) is 5.09. The maximum Gasteiger partial charge on any atom is 0.269 e. The summed E-state index contributed by atoms with van der Waals surface area (Å²) >= 11 is 7.23. The van der Waals surface area contributed by atoms with Gasteiger partial charge in [-0.2, -0.15) is 5.26 Å². The fourth-order valence-electron chi connectivity index (χ4n) is 3.53. The summed E-state index contributed by atoms with van der Waals surface area (Å²) in [6.07, 6.45) is 0.439. The number of hydrogen-bond donors (Lipinski definition) is 1. The summed E-state index contributed by atoms with van der Waals surface area (Å²) in [6, 6.07) is 25.1. The van der Waals surface area contributed by atoms with Crippen molar-refractivity contribution in [2.24, 2.45) is 0 Å². The molecule has 3 aromatic carbocycles. The summed E-state index contributed by atoms with van der Waals surface area (Å²) in [6.45, 7) is 0. The van der Waals surface area contributed by atoms with Gasteiger partial charge in [0.05, 0.1) is 12.4 Å². The van der Waals surface area contributed by atoms with Crippen molar-refractivity contribution in [3.63, 3.8) is 0 Å². The normalized spacial score (nSPS) is 16.7. The van der Waals surface area contributed by atoms with Crippen LogP contribution in [0.2, 0.25) is 5.02 Å². The van der Waals surface area contributed by atoms with Crippen LogP contribution in [0.4, 0.5) is 11.4 Å². The van der Waals surface area contributed by atoms with E-state index in [4.69, 9.17) is 16.3 Å². The summed E-state index contributed by atoms with van der Waals surface area (Å²) in [7, 11) is 1.60. The first-order chi connectivity index (χ1) is 16.5. The van der Waals surface area contributed by atoms with Crippen LogP contribution >= 0.6 is 23.4 Å². The number of nitrogens with zero attached hydrogens (tertiary/aromatic N) is 2. The molecule has 4 rings (SSSR count). The number of para-hydroxylation sites is 1. The van der Waals surface area contributed by atoms with Crippen LogP contribution in [0.1, 0.15) is 5.56 Å². The minimum Gasteiger partial charge on any atom is -0.497 e. The van der Waals surface area contributed by atoms with Crippen molar-refractivity contribution in [1.82, 2.24) is 0 Å². The van der Waals surface area contributed by atoms with E-state index >= 15 is 0 Å². The number of carbonyl (C=O) groups is 2. The van der Waals surface area contributed by atoms with Crippen LogP contribution in [0, 0.1) is 11.3 Å². The first-order valence-corrected chi connectivity index (χ1v) is 11.7. The molecule has 0 aliphatic carbocycles. The van der Waals surface area contributed by atoms with Gasteiger partial charge in [-0.3, -0.25) is 14.5 Å². The highest BCUT2D eigenvalue weighted by molar-refractivity contribution is 8.05. The van der Waals surface area contributed by atoms with Gasteiger partial charge in [0.2, 0.25) is 5.91 Å². The minimum atomic E-state index is -0.605. The van der Waals surface area contributed by atoms with Crippen molar-refractivity contribution in [2.45, 2.75) is 11.7 Å². The zero-order valence-electron chi connectivity index (χ0n) is 18.2. The second kappa shape index (κ2) is 10.5. The summed E-state index contributed by atoms with van der Waals surface area (Å²) in [4.78, 5) is 28.0. The monoisotopic (exact) mass is 489 g/mol. The average molecular weight is 490 g/mol. The lowest BCUT2D eigenvalue weighted by molar-refractivity contribution is -0.117. The van der Waals surface area contributed by atoms with E-state index in [-0.39, 0.29) is 11.5 Å². The Kier molecular flexibility index (Phi) is 7.21. The SMILES string of the molecule is COc1ccc(C[C@H]2S/C(=C(/C#N)C(=O)Nc3cccc(Cl)c3)N(c3ccccc3)C2=O)cc1. The quantitative estimate of drug-likeness (QED) is 0.369. The molecule has 1 aliphatic heterocycles. The minimum absolute atomic E-state index is 0.139. The highest BCUT2D eigenvalue weighted by Gasteiger charge is 2.40. The molecule has 1 fully saturated rings. The second-order valence-corrected chi connectivity index (χ2v) is 9.05. The van der Waals surface area contributed by atoms with E-state index in [9.17, 15) is 14.9 Å². The molecule has 1 atom stereocenters. The van der Waals surface area contributed by atoms with Gasteiger partial charge in [-0.1, -0.05) is 59.8 Å². The highest BCUT2D eigenvalue weighted by atomic mass is 35.5. The molecule has 0 saturated carbocycles. The first kappa shape index (κ1) is 23.4. The maximum atomic E-state index is 13.5.